The van der Waals surface area contributed by atoms with Crippen LogP contribution in [0.3, 0.4) is 0 Å². The van der Waals surface area contributed by atoms with E-state index in [2.05, 4.69) is 20.2 Å². The normalized spacial score (nSPS) is 15.0. The largest absolute Gasteiger partial charge is 0.480 e. The number of aromatic nitrogens is 2. The van der Waals surface area contributed by atoms with E-state index in [-0.39, 0.29) is 18.7 Å². The number of hydrogen-bond acceptors (Lipinski definition) is 6. The lowest BCUT2D eigenvalue weighted by atomic mass is 9.91. The number of fused-ring (bicyclic) bond motifs is 1. The molecule has 1 aliphatic rings. The van der Waals surface area contributed by atoms with E-state index in [1.165, 1.54) is 17.2 Å². The van der Waals surface area contributed by atoms with Gasteiger partial charge in [0, 0.05) is 25.9 Å². The number of carbonyl (C=O) groups excluding carboxylic acids is 2. The summed E-state index contributed by atoms with van der Waals surface area (Å²) in [5, 5.41) is 18.6. The molecule has 3 N–H and O–H groups in total. The van der Waals surface area contributed by atoms with Crippen molar-refractivity contribution in [2.24, 2.45) is 22.0 Å². The monoisotopic (exact) mass is 504 g/mol. The van der Waals surface area contributed by atoms with Crippen molar-refractivity contribution in [1.82, 2.24) is 19.5 Å². The molecular formula is C26H30N7O4+. The molecule has 0 radical (unpaired) electrons. The number of piperidine rings is 1. The highest BCUT2D eigenvalue weighted by Gasteiger charge is 2.28. The van der Waals surface area contributed by atoms with Crippen LogP contribution in [-0.2, 0) is 27.2 Å². The number of carboxylic acids is 1. The van der Waals surface area contributed by atoms with Gasteiger partial charge in [-0.05, 0) is 42.0 Å². The fraction of sp³-hybridized carbons (Fsp3) is 0.385. The van der Waals surface area contributed by atoms with Crippen LogP contribution in [0.2, 0.25) is 0 Å². The lowest BCUT2D eigenvalue weighted by Gasteiger charge is -2.27. The lowest BCUT2D eigenvalue weighted by Crippen LogP contribution is -2.37. The van der Waals surface area contributed by atoms with Crippen molar-refractivity contribution in [2.45, 2.75) is 44.6 Å². The second kappa shape index (κ2) is 12.2. The Morgan fingerprint density at radius 2 is 1.81 bits per heavy atom. The predicted molar refractivity (Wildman–Crippen MR) is 135 cm³/mol. The number of amides is 2. The van der Waals surface area contributed by atoms with E-state index in [1.54, 1.807) is 0 Å². The summed E-state index contributed by atoms with van der Waals surface area (Å²) in [7, 11) is 0. The molecule has 1 fully saturated rings. The number of carboxylic acid groups (broad SMARTS) is 1. The van der Waals surface area contributed by atoms with Gasteiger partial charge >= 0.3 is 11.9 Å². The van der Waals surface area contributed by atoms with Crippen molar-refractivity contribution >= 4 is 28.6 Å². The van der Waals surface area contributed by atoms with Gasteiger partial charge in [0.2, 0.25) is 17.5 Å². The first-order valence-electron chi connectivity index (χ1n) is 12.3. The third kappa shape index (κ3) is 6.93. The minimum atomic E-state index is -1.13. The van der Waals surface area contributed by atoms with Gasteiger partial charge in [0.1, 0.15) is 12.2 Å². The van der Waals surface area contributed by atoms with Crippen LogP contribution in [0.15, 0.2) is 65.3 Å². The Balaban J connectivity index is 1.52. The van der Waals surface area contributed by atoms with Gasteiger partial charge in [-0.2, -0.15) is 0 Å². The zero-order valence-electron chi connectivity index (χ0n) is 20.4. The number of carbonyl (C=O) groups is 3. The zero-order chi connectivity index (χ0) is 26.2. The summed E-state index contributed by atoms with van der Waals surface area (Å²) >= 11 is 0. The summed E-state index contributed by atoms with van der Waals surface area (Å²) in [6, 6.07) is 12.7. The van der Waals surface area contributed by atoms with Crippen LogP contribution in [0, 0.1) is 5.92 Å². The Hall–Kier alpha value is -4.21. The summed E-state index contributed by atoms with van der Waals surface area (Å²) in [4.78, 5) is 46.6. The van der Waals surface area contributed by atoms with E-state index in [9.17, 15) is 14.4 Å². The highest BCUT2D eigenvalue weighted by Crippen LogP contribution is 2.24. The SMILES string of the molecule is N[C@@H](Cc1cn(N=[N+]=NC(=O)C(CC(=O)N2CCCCC2)Cc2cccc3ccccc23)cn1)C(=O)O. The molecule has 11 heteroatoms. The van der Waals surface area contributed by atoms with E-state index >= 15 is 0 Å². The fourth-order valence-electron chi connectivity index (χ4n) is 4.48. The first-order chi connectivity index (χ1) is 17.9. The third-order valence-corrected chi connectivity index (χ3v) is 6.48. The Labute approximate surface area is 213 Å². The number of hydrogen-bond donors (Lipinski definition) is 2. The van der Waals surface area contributed by atoms with Crippen molar-refractivity contribution in [3.63, 3.8) is 0 Å². The minimum Gasteiger partial charge on any atom is -0.480 e. The molecule has 2 aromatic carbocycles. The van der Waals surface area contributed by atoms with E-state index in [0.717, 1.165) is 35.6 Å². The van der Waals surface area contributed by atoms with Gasteiger partial charge in [-0.3, -0.25) is 14.4 Å². The summed E-state index contributed by atoms with van der Waals surface area (Å²) in [6.45, 7) is 1.42. The highest BCUT2D eigenvalue weighted by atomic mass is 16.4. The zero-order valence-corrected chi connectivity index (χ0v) is 20.4. The quantitative estimate of drug-likeness (QED) is 0.337. The Morgan fingerprint density at radius 3 is 2.59 bits per heavy atom. The van der Waals surface area contributed by atoms with Crippen molar-refractivity contribution in [2.75, 3.05) is 13.1 Å². The molecule has 11 nitrogen and oxygen atoms in total. The fourth-order valence-corrected chi connectivity index (χ4v) is 4.48. The summed E-state index contributed by atoms with van der Waals surface area (Å²) in [5.41, 5.74) is 6.91. The number of aliphatic carboxylic acids is 1. The molecule has 2 atom stereocenters. The first kappa shape index (κ1) is 25.9. The Bertz CT molecular complexity index is 1330. The molecule has 3 aromatic rings. The second-order valence-corrected chi connectivity index (χ2v) is 9.20. The number of nitrogens with zero attached hydrogens (tertiary/aromatic N) is 6. The molecular weight excluding hydrogens is 474 g/mol. The highest BCUT2D eigenvalue weighted by molar-refractivity contribution is 5.89. The molecule has 37 heavy (non-hydrogen) atoms. The topological polar surface area (TPSA) is 157 Å². The molecule has 2 heterocycles. The number of likely N-dealkylation sites (tertiary alicyclic amines) is 1. The van der Waals surface area contributed by atoms with Crippen molar-refractivity contribution in [3.05, 3.63) is 66.2 Å². The van der Waals surface area contributed by atoms with Gasteiger partial charge in [0.25, 0.3) is 0 Å². The van der Waals surface area contributed by atoms with Gasteiger partial charge in [-0.1, -0.05) is 47.1 Å². The van der Waals surface area contributed by atoms with Crippen LogP contribution in [0.5, 0.6) is 0 Å². The van der Waals surface area contributed by atoms with E-state index in [1.807, 2.05) is 47.4 Å². The van der Waals surface area contributed by atoms with E-state index in [0.29, 0.717) is 25.2 Å². The van der Waals surface area contributed by atoms with Crippen molar-refractivity contribution in [1.29, 1.82) is 0 Å². The van der Waals surface area contributed by atoms with Gasteiger partial charge in [0.15, 0.2) is 0 Å². The van der Waals surface area contributed by atoms with E-state index < -0.39 is 23.8 Å². The standard InChI is InChI=1S/C26H29N7O4/c27-23(26(36)37)15-21-16-33(17-28-21)31-30-29-25(35)20(14-24(34)32-11-4-1-5-12-32)13-19-9-6-8-18-7-2-3-10-22(18)19/h2-3,6-10,16-17,20,23H,1,4-5,11-15,27H2/p+1/t20?,23-/m0/s1. The lowest BCUT2D eigenvalue weighted by molar-refractivity contribution is -0.138. The molecule has 1 aromatic heterocycles. The summed E-state index contributed by atoms with van der Waals surface area (Å²) in [6.07, 6.45) is 6.24. The number of benzene rings is 2. The van der Waals surface area contributed by atoms with Crippen molar-refractivity contribution in [3.8, 4) is 0 Å². The third-order valence-electron chi connectivity index (χ3n) is 6.48. The molecule has 1 aliphatic heterocycles. The average Bonchev–Trinajstić information content (AvgIpc) is 3.35. The molecule has 0 spiro atoms. The molecule has 0 saturated carbocycles. The molecule has 1 unspecified atom stereocenters. The van der Waals surface area contributed by atoms with Crippen LogP contribution in [0.4, 0.5) is 0 Å². The minimum absolute atomic E-state index is 0.0274. The first-order valence-corrected chi connectivity index (χ1v) is 12.3. The average molecular weight is 505 g/mol. The smallest absolute Gasteiger partial charge is 0.320 e. The van der Waals surface area contributed by atoms with Crippen molar-refractivity contribution < 1.29 is 19.5 Å². The van der Waals surface area contributed by atoms with Gasteiger partial charge in [0.05, 0.1) is 21.6 Å². The molecule has 4 rings (SSSR count). The van der Waals surface area contributed by atoms with Crippen LogP contribution in [-0.4, -0.2) is 56.6 Å². The second-order valence-electron chi connectivity index (χ2n) is 9.20. The maximum Gasteiger partial charge on any atom is 0.320 e. The van der Waals surface area contributed by atoms with Crippen LogP contribution in [0.1, 0.15) is 36.9 Å². The maximum atomic E-state index is 13.1. The van der Waals surface area contributed by atoms with Crippen LogP contribution >= 0.6 is 0 Å². The molecule has 0 aliphatic carbocycles. The molecule has 192 valence electrons. The molecule has 0 bridgehead atoms. The van der Waals surface area contributed by atoms with Crippen LogP contribution in [0.25, 0.3) is 10.8 Å². The number of nitrogens with two attached hydrogens (primary N) is 1. The van der Waals surface area contributed by atoms with Gasteiger partial charge < -0.3 is 15.7 Å². The number of imidazole rings is 1. The number of rotatable bonds is 9. The Kier molecular flexibility index (Phi) is 8.50. The Morgan fingerprint density at radius 1 is 1.05 bits per heavy atom. The van der Waals surface area contributed by atoms with E-state index in [4.69, 9.17) is 10.8 Å². The van der Waals surface area contributed by atoms with Gasteiger partial charge in [-0.25, -0.2) is 4.98 Å². The predicted octanol–water partition coefficient (Wildman–Crippen LogP) is 2.51. The molecule has 1 saturated heterocycles. The maximum absolute atomic E-state index is 13.1. The summed E-state index contributed by atoms with van der Waals surface area (Å²) in [5.74, 6) is -2.41. The van der Waals surface area contributed by atoms with Gasteiger partial charge in [-0.15, -0.1) is 0 Å². The summed E-state index contributed by atoms with van der Waals surface area (Å²) < 4.78 is 1.22. The molecule has 2 amide bonds. The van der Waals surface area contributed by atoms with Crippen LogP contribution < -0.4 is 10.6 Å².